The molecule has 0 aliphatic carbocycles. The van der Waals surface area contributed by atoms with Gasteiger partial charge in [0.15, 0.2) is 0 Å². The lowest BCUT2D eigenvalue weighted by Crippen LogP contribution is -2.41. The van der Waals surface area contributed by atoms with Crippen LogP contribution in [0.3, 0.4) is 0 Å². The van der Waals surface area contributed by atoms with E-state index in [4.69, 9.17) is 23.2 Å². The molecule has 0 radical (unpaired) electrons. The summed E-state index contributed by atoms with van der Waals surface area (Å²) in [6.07, 6.45) is 1.25. The number of piperidine rings is 1. The van der Waals surface area contributed by atoms with E-state index in [1.807, 2.05) is 6.07 Å². The standard InChI is InChI=1S/C19H17BrCl2N2O2/c20-14-3-6-17(16(22)11-14)23-18(25)12-7-9-24(10-8-12)19(26)13-1-4-15(21)5-2-13/h1-6,11-12H,7-10H2,(H,23,25). The van der Waals surface area contributed by atoms with Gasteiger partial charge in [-0.1, -0.05) is 39.1 Å². The lowest BCUT2D eigenvalue weighted by atomic mass is 9.95. The van der Waals surface area contributed by atoms with Crippen LogP contribution in [0.15, 0.2) is 46.9 Å². The number of nitrogens with zero attached hydrogens (tertiary/aromatic N) is 1. The molecule has 1 fully saturated rings. The third kappa shape index (κ3) is 4.58. The van der Waals surface area contributed by atoms with E-state index in [1.165, 1.54) is 0 Å². The first-order valence-corrected chi connectivity index (χ1v) is 9.79. The van der Waals surface area contributed by atoms with Crippen molar-refractivity contribution in [2.75, 3.05) is 18.4 Å². The number of rotatable bonds is 3. The second-order valence-corrected chi connectivity index (χ2v) is 7.95. The van der Waals surface area contributed by atoms with Gasteiger partial charge in [-0.2, -0.15) is 0 Å². The van der Waals surface area contributed by atoms with Crippen LogP contribution >= 0.6 is 39.1 Å². The number of nitrogens with one attached hydrogen (secondary N) is 1. The molecule has 0 spiro atoms. The Morgan fingerprint density at radius 3 is 2.31 bits per heavy atom. The Balaban J connectivity index is 1.56. The maximum atomic E-state index is 12.5. The van der Waals surface area contributed by atoms with Crippen molar-refractivity contribution in [1.29, 1.82) is 0 Å². The van der Waals surface area contributed by atoms with Crippen molar-refractivity contribution < 1.29 is 9.59 Å². The highest BCUT2D eigenvalue weighted by molar-refractivity contribution is 9.10. The molecule has 4 nitrogen and oxygen atoms in total. The molecule has 0 aromatic heterocycles. The highest BCUT2D eigenvalue weighted by Crippen LogP contribution is 2.27. The van der Waals surface area contributed by atoms with Gasteiger partial charge >= 0.3 is 0 Å². The molecule has 0 atom stereocenters. The van der Waals surface area contributed by atoms with Crippen LogP contribution in [0.1, 0.15) is 23.2 Å². The highest BCUT2D eigenvalue weighted by Gasteiger charge is 2.28. The summed E-state index contributed by atoms with van der Waals surface area (Å²) in [6.45, 7) is 1.10. The predicted octanol–water partition coefficient (Wildman–Crippen LogP) is 5.25. The van der Waals surface area contributed by atoms with Gasteiger partial charge in [-0.15, -0.1) is 0 Å². The largest absolute Gasteiger partial charge is 0.339 e. The van der Waals surface area contributed by atoms with Gasteiger partial charge in [-0.05, 0) is 55.3 Å². The first kappa shape index (κ1) is 19.2. The molecule has 0 bridgehead atoms. The van der Waals surface area contributed by atoms with E-state index < -0.39 is 0 Å². The first-order chi connectivity index (χ1) is 12.4. The van der Waals surface area contributed by atoms with Crippen molar-refractivity contribution in [3.05, 3.63) is 62.5 Å². The normalized spacial score (nSPS) is 15.0. The summed E-state index contributed by atoms with van der Waals surface area (Å²) in [5, 5.41) is 3.97. The van der Waals surface area contributed by atoms with Crippen LogP contribution < -0.4 is 5.32 Å². The second-order valence-electron chi connectivity index (χ2n) is 6.19. The molecule has 1 aliphatic heterocycles. The molecule has 7 heteroatoms. The van der Waals surface area contributed by atoms with Crippen molar-refractivity contribution in [2.45, 2.75) is 12.8 Å². The summed E-state index contributed by atoms with van der Waals surface area (Å²) >= 11 is 15.4. The summed E-state index contributed by atoms with van der Waals surface area (Å²) in [7, 11) is 0. The van der Waals surface area contributed by atoms with Crippen molar-refractivity contribution in [2.24, 2.45) is 5.92 Å². The maximum absolute atomic E-state index is 12.5. The lowest BCUT2D eigenvalue weighted by molar-refractivity contribution is -0.121. The molecule has 0 saturated carbocycles. The molecule has 2 aromatic carbocycles. The minimum absolute atomic E-state index is 0.0310. The lowest BCUT2D eigenvalue weighted by Gasteiger charge is -2.31. The van der Waals surface area contributed by atoms with E-state index in [9.17, 15) is 9.59 Å². The molecule has 1 aliphatic rings. The molecule has 0 unspecified atom stereocenters. The van der Waals surface area contributed by atoms with E-state index in [-0.39, 0.29) is 17.7 Å². The fourth-order valence-electron chi connectivity index (χ4n) is 2.95. The van der Waals surface area contributed by atoms with Crippen molar-refractivity contribution in [3.63, 3.8) is 0 Å². The maximum Gasteiger partial charge on any atom is 0.253 e. The van der Waals surface area contributed by atoms with Crippen LogP contribution in [0.4, 0.5) is 5.69 Å². The van der Waals surface area contributed by atoms with Crippen molar-refractivity contribution >= 4 is 56.6 Å². The van der Waals surface area contributed by atoms with Gasteiger partial charge in [0.1, 0.15) is 0 Å². The summed E-state index contributed by atoms with van der Waals surface area (Å²) in [5.74, 6) is -0.228. The molecule has 2 amide bonds. The molecule has 2 aromatic rings. The summed E-state index contributed by atoms with van der Waals surface area (Å²) < 4.78 is 0.856. The SMILES string of the molecule is O=C(Nc1ccc(Br)cc1Cl)C1CCN(C(=O)c2ccc(Cl)cc2)CC1. The molecule has 136 valence electrons. The van der Waals surface area contributed by atoms with Crippen LogP contribution in [0.5, 0.6) is 0 Å². The number of hydrogen-bond donors (Lipinski definition) is 1. The van der Waals surface area contributed by atoms with Crippen molar-refractivity contribution in [3.8, 4) is 0 Å². The summed E-state index contributed by atoms with van der Waals surface area (Å²) in [6, 6.07) is 12.2. The van der Waals surface area contributed by atoms with Crippen LogP contribution in [0, 0.1) is 5.92 Å². The van der Waals surface area contributed by atoms with Crippen LogP contribution in [-0.4, -0.2) is 29.8 Å². The van der Waals surface area contributed by atoms with Crippen LogP contribution in [0.25, 0.3) is 0 Å². The Morgan fingerprint density at radius 2 is 1.69 bits per heavy atom. The number of halogens is 3. The number of carbonyl (C=O) groups is 2. The number of hydrogen-bond acceptors (Lipinski definition) is 2. The van der Waals surface area contributed by atoms with E-state index in [0.29, 0.717) is 47.2 Å². The second kappa shape index (κ2) is 8.42. The Hall–Kier alpha value is -1.56. The van der Waals surface area contributed by atoms with Gasteiger partial charge in [-0.25, -0.2) is 0 Å². The first-order valence-electron chi connectivity index (χ1n) is 8.25. The molecule has 3 rings (SSSR count). The molecule has 1 saturated heterocycles. The minimum Gasteiger partial charge on any atom is -0.339 e. The quantitative estimate of drug-likeness (QED) is 0.687. The third-order valence-electron chi connectivity index (χ3n) is 4.43. The Bertz CT molecular complexity index is 819. The Labute approximate surface area is 170 Å². The van der Waals surface area contributed by atoms with Gasteiger partial charge in [0, 0.05) is 34.1 Å². The van der Waals surface area contributed by atoms with Gasteiger partial charge < -0.3 is 10.2 Å². The number of likely N-dealkylation sites (tertiary alicyclic amines) is 1. The third-order valence-corrected chi connectivity index (χ3v) is 5.49. The molecular weight excluding hydrogens is 439 g/mol. The zero-order chi connectivity index (χ0) is 18.7. The van der Waals surface area contributed by atoms with Crippen LogP contribution in [0.2, 0.25) is 10.0 Å². The Morgan fingerprint density at radius 1 is 1.04 bits per heavy atom. The average molecular weight is 456 g/mol. The highest BCUT2D eigenvalue weighted by atomic mass is 79.9. The number of benzene rings is 2. The fraction of sp³-hybridized carbons (Fsp3) is 0.263. The smallest absolute Gasteiger partial charge is 0.253 e. The number of carbonyl (C=O) groups excluding carboxylic acids is 2. The molecular formula is C19H17BrCl2N2O2. The molecule has 1 N–H and O–H groups in total. The number of anilines is 1. The van der Waals surface area contributed by atoms with Gasteiger partial charge in [0.05, 0.1) is 10.7 Å². The van der Waals surface area contributed by atoms with Crippen LogP contribution in [-0.2, 0) is 4.79 Å². The predicted molar refractivity (Wildman–Crippen MR) is 108 cm³/mol. The zero-order valence-corrected chi connectivity index (χ0v) is 16.9. The summed E-state index contributed by atoms with van der Waals surface area (Å²) in [5.41, 5.74) is 1.21. The zero-order valence-electron chi connectivity index (χ0n) is 13.8. The summed E-state index contributed by atoms with van der Waals surface area (Å²) in [4.78, 5) is 26.8. The van der Waals surface area contributed by atoms with E-state index >= 15 is 0 Å². The Kier molecular flexibility index (Phi) is 6.22. The van der Waals surface area contributed by atoms with E-state index in [0.717, 1.165) is 4.47 Å². The van der Waals surface area contributed by atoms with E-state index in [1.54, 1.807) is 41.3 Å². The number of amides is 2. The van der Waals surface area contributed by atoms with Gasteiger partial charge in [0.2, 0.25) is 5.91 Å². The molecule has 1 heterocycles. The monoisotopic (exact) mass is 454 g/mol. The topological polar surface area (TPSA) is 49.4 Å². The van der Waals surface area contributed by atoms with Gasteiger partial charge in [-0.3, -0.25) is 9.59 Å². The van der Waals surface area contributed by atoms with E-state index in [2.05, 4.69) is 21.2 Å². The van der Waals surface area contributed by atoms with Gasteiger partial charge in [0.25, 0.3) is 5.91 Å². The van der Waals surface area contributed by atoms with Crippen molar-refractivity contribution in [1.82, 2.24) is 4.90 Å². The fourth-order valence-corrected chi connectivity index (χ4v) is 3.79. The minimum atomic E-state index is -0.135. The molecule has 26 heavy (non-hydrogen) atoms. The average Bonchev–Trinajstić information content (AvgIpc) is 2.64.